The highest BCUT2D eigenvalue weighted by molar-refractivity contribution is 5.47. The number of aromatic nitrogens is 1. The third-order valence-electron chi connectivity index (χ3n) is 5.89. The van der Waals surface area contributed by atoms with Gasteiger partial charge in [-0.2, -0.15) is 0 Å². The summed E-state index contributed by atoms with van der Waals surface area (Å²) >= 11 is 0. The minimum absolute atomic E-state index is 0.0164. The molecule has 0 spiro atoms. The van der Waals surface area contributed by atoms with Gasteiger partial charge in [0, 0.05) is 37.2 Å². The lowest BCUT2D eigenvalue weighted by Gasteiger charge is -2.46. The quantitative estimate of drug-likeness (QED) is 0.544. The molecule has 3 heterocycles. The third kappa shape index (κ3) is 4.28. The maximum absolute atomic E-state index is 9.03. The zero-order valence-electron chi connectivity index (χ0n) is 18.3. The average molecular weight is 408 g/mol. The molecule has 2 aliphatic rings. The molecule has 0 aliphatic carbocycles. The van der Waals surface area contributed by atoms with Crippen LogP contribution < -0.4 is 10.6 Å². The van der Waals surface area contributed by atoms with Crippen molar-refractivity contribution < 1.29 is 5.11 Å². The summed E-state index contributed by atoms with van der Waals surface area (Å²) < 4.78 is 0. The fourth-order valence-corrected chi connectivity index (χ4v) is 4.29. The van der Waals surface area contributed by atoms with Crippen LogP contribution in [0.2, 0.25) is 0 Å². The summed E-state index contributed by atoms with van der Waals surface area (Å²) in [7, 11) is 0. The van der Waals surface area contributed by atoms with Crippen LogP contribution in [0.5, 0.6) is 0 Å². The Hall–Kier alpha value is -2.99. The predicted molar refractivity (Wildman–Crippen MR) is 123 cm³/mol. The minimum Gasteiger partial charge on any atom is -0.395 e. The Morgan fingerprint density at radius 1 is 1.33 bits per heavy atom. The Bertz CT molecular complexity index is 901. The van der Waals surface area contributed by atoms with Crippen molar-refractivity contribution >= 4 is 5.82 Å². The van der Waals surface area contributed by atoms with Gasteiger partial charge in [-0.25, -0.2) is 4.98 Å². The highest BCUT2D eigenvalue weighted by Gasteiger charge is 2.45. The molecule has 0 amide bonds. The Labute approximate surface area is 180 Å². The summed E-state index contributed by atoms with van der Waals surface area (Å²) in [5, 5.41) is 15.5. The van der Waals surface area contributed by atoms with Crippen molar-refractivity contribution in [3.05, 3.63) is 84.3 Å². The van der Waals surface area contributed by atoms with Crippen molar-refractivity contribution in [3.8, 4) is 0 Å². The normalized spacial score (nSPS) is 21.0. The van der Waals surface area contributed by atoms with Crippen LogP contribution in [-0.4, -0.2) is 51.7 Å². The van der Waals surface area contributed by atoms with Crippen molar-refractivity contribution in [1.29, 1.82) is 0 Å². The van der Waals surface area contributed by atoms with Crippen LogP contribution in [0.25, 0.3) is 0 Å². The lowest BCUT2D eigenvalue weighted by Crippen LogP contribution is -2.51. The van der Waals surface area contributed by atoms with Gasteiger partial charge in [0.25, 0.3) is 0 Å². The molecule has 3 rings (SSSR count). The number of fused-ring (bicyclic) bond motifs is 2. The number of anilines is 1. The second-order valence-electron chi connectivity index (χ2n) is 8.20. The van der Waals surface area contributed by atoms with Crippen LogP contribution in [0.1, 0.15) is 27.2 Å². The molecule has 0 aromatic carbocycles. The molecule has 0 saturated carbocycles. The number of allylic oxidation sites excluding steroid dienone is 3. The Morgan fingerprint density at radius 3 is 2.77 bits per heavy atom. The predicted octanol–water partition coefficient (Wildman–Crippen LogP) is 3.57. The zero-order chi connectivity index (χ0) is 21.9. The van der Waals surface area contributed by atoms with E-state index in [1.807, 2.05) is 25.1 Å². The van der Waals surface area contributed by atoms with Crippen LogP contribution in [0.15, 0.2) is 84.3 Å². The molecule has 0 radical (unpaired) electrons. The molecular weight excluding hydrogens is 374 g/mol. The number of pyridine rings is 1. The number of aliphatic hydroxyl groups is 1. The molecular formula is C24H33N5O. The molecule has 1 saturated heterocycles. The monoisotopic (exact) mass is 407 g/mol. The van der Waals surface area contributed by atoms with Crippen molar-refractivity contribution in [2.24, 2.45) is 0 Å². The van der Waals surface area contributed by atoms with Gasteiger partial charge in [-0.1, -0.05) is 25.8 Å². The minimum atomic E-state index is -0.0164. The summed E-state index contributed by atoms with van der Waals surface area (Å²) in [5.41, 5.74) is 4.92. The third-order valence-corrected chi connectivity index (χ3v) is 5.89. The van der Waals surface area contributed by atoms with E-state index in [9.17, 15) is 0 Å². The summed E-state index contributed by atoms with van der Waals surface area (Å²) in [6, 6.07) is 5.80. The van der Waals surface area contributed by atoms with Crippen LogP contribution in [0.4, 0.5) is 5.82 Å². The number of hydrogen-bond acceptors (Lipinski definition) is 6. The summed E-state index contributed by atoms with van der Waals surface area (Å²) in [5.74, 6) is 1.61. The molecule has 30 heavy (non-hydrogen) atoms. The van der Waals surface area contributed by atoms with E-state index < -0.39 is 0 Å². The number of nitrogens with zero attached hydrogens (tertiary/aromatic N) is 3. The van der Waals surface area contributed by atoms with Crippen LogP contribution >= 0.6 is 0 Å². The topological polar surface area (TPSA) is 63.7 Å². The molecule has 6 heteroatoms. The Kier molecular flexibility index (Phi) is 6.37. The largest absolute Gasteiger partial charge is 0.395 e. The second-order valence-corrected chi connectivity index (χ2v) is 8.20. The first kappa shape index (κ1) is 21.7. The zero-order valence-corrected chi connectivity index (χ0v) is 18.3. The maximum Gasteiger partial charge on any atom is 0.131 e. The first-order valence-corrected chi connectivity index (χ1v) is 10.3. The van der Waals surface area contributed by atoms with Gasteiger partial charge in [0.2, 0.25) is 0 Å². The molecule has 1 fully saturated rings. The number of nitrogens with one attached hydrogen (secondary N) is 2. The van der Waals surface area contributed by atoms with E-state index in [4.69, 9.17) is 5.11 Å². The van der Waals surface area contributed by atoms with Gasteiger partial charge in [-0.15, -0.1) is 0 Å². The van der Waals surface area contributed by atoms with Crippen LogP contribution in [0, 0.1) is 0 Å². The van der Waals surface area contributed by atoms with Crippen LogP contribution in [-0.2, 0) is 0 Å². The van der Waals surface area contributed by atoms with E-state index >= 15 is 0 Å². The van der Waals surface area contributed by atoms with Gasteiger partial charge in [-0.05, 0) is 56.5 Å². The van der Waals surface area contributed by atoms with E-state index in [0.717, 1.165) is 53.7 Å². The number of aliphatic hydroxyl groups excluding tert-OH is 1. The highest BCUT2D eigenvalue weighted by Crippen LogP contribution is 2.42. The van der Waals surface area contributed by atoms with Gasteiger partial charge in [-0.3, -0.25) is 0 Å². The van der Waals surface area contributed by atoms with Crippen LogP contribution in [0.3, 0.4) is 0 Å². The second kappa shape index (κ2) is 8.79. The molecule has 1 aromatic rings. The van der Waals surface area contributed by atoms with E-state index in [0.29, 0.717) is 6.54 Å². The van der Waals surface area contributed by atoms with E-state index in [1.54, 1.807) is 6.20 Å². The summed E-state index contributed by atoms with van der Waals surface area (Å²) in [4.78, 5) is 9.12. The van der Waals surface area contributed by atoms with Gasteiger partial charge in [0.05, 0.1) is 17.8 Å². The first-order chi connectivity index (χ1) is 14.3. The van der Waals surface area contributed by atoms with Gasteiger partial charge in [0.1, 0.15) is 11.6 Å². The lowest BCUT2D eigenvalue weighted by molar-refractivity contribution is 0.174. The molecule has 1 aromatic heterocycles. The summed E-state index contributed by atoms with van der Waals surface area (Å²) in [6.45, 7) is 21.5. The fraction of sp³-hybridized carbons (Fsp3) is 0.375. The van der Waals surface area contributed by atoms with Crippen molar-refractivity contribution in [2.45, 2.75) is 32.7 Å². The van der Waals surface area contributed by atoms with Crippen molar-refractivity contribution in [1.82, 2.24) is 20.1 Å². The van der Waals surface area contributed by atoms with Gasteiger partial charge < -0.3 is 25.5 Å². The molecule has 2 bridgehead atoms. The van der Waals surface area contributed by atoms with E-state index in [1.165, 1.54) is 5.70 Å². The lowest BCUT2D eigenvalue weighted by atomic mass is 9.95. The van der Waals surface area contributed by atoms with Crippen molar-refractivity contribution in [3.63, 3.8) is 0 Å². The molecule has 0 unspecified atom stereocenters. The number of rotatable bonds is 9. The van der Waals surface area contributed by atoms with Gasteiger partial charge >= 0.3 is 0 Å². The van der Waals surface area contributed by atoms with Crippen molar-refractivity contribution in [2.75, 3.05) is 31.6 Å². The Balaban J connectivity index is 1.89. The smallest absolute Gasteiger partial charge is 0.131 e. The first-order valence-electron chi connectivity index (χ1n) is 10.3. The van der Waals surface area contributed by atoms with E-state index in [2.05, 4.69) is 65.1 Å². The average Bonchev–Trinajstić information content (AvgIpc) is 3.07. The SMILES string of the molecule is C=C(NCCO)C(=C)/C(C)=C/C1=C(C)N(C(=C)Nc2ccccn2)[C@@]2(C)CCN1C2. The molecule has 6 nitrogen and oxygen atoms in total. The van der Waals surface area contributed by atoms with E-state index in [-0.39, 0.29) is 12.1 Å². The molecule has 160 valence electrons. The molecule has 1 atom stereocenters. The fourth-order valence-electron chi connectivity index (χ4n) is 4.29. The standard InChI is InChI=1S/C24H33N5O/c1-17(18(2)19(3)25-12-14-30)15-22-20(4)29(24(6)10-13-28(22)16-24)21(5)27-23-9-7-8-11-26-23/h7-9,11,15,25,30H,2-3,5,10,12-14,16H2,1,4,6H3,(H,26,27)/b17-15+/t24-/m0/s1. The maximum atomic E-state index is 9.03. The Morgan fingerprint density at radius 2 is 2.10 bits per heavy atom. The van der Waals surface area contributed by atoms with Gasteiger partial charge in [0.15, 0.2) is 0 Å². The summed E-state index contributed by atoms with van der Waals surface area (Å²) in [6.07, 6.45) is 5.00. The highest BCUT2D eigenvalue weighted by atomic mass is 16.3. The molecule has 3 N–H and O–H groups in total. The molecule has 2 aliphatic heterocycles. The number of hydrogen-bond donors (Lipinski definition) is 3.